The molecule has 0 aromatic heterocycles. The van der Waals surface area contributed by atoms with Gasteiger partial charge in [-0.15, -0.1) is 0 Å². The SMILES string of the molecule is C/C=C/[C@](O)(C(=O)O[C@@H]1CN2CCC1CC2)C1CCCC1. The molecule has 3 heterocycles. The van der Waals surface area contributed by atoms with Crippen molar-refractivity contribution in [3.8, 4) is 0 Å². The molecule has 4 aliphatic rings. The highest BCUT2D eigenvalue weighted by atomic mass is 16.6. The second-order valence-corrected chi connectivity index (χ2v) is 6.89. The van der Waals surface area contributed by atoms with Crippen LogP contribution < -0.4 is 0 Å². The number of hydrogen-bond donors (Lipinski definition) is 1. The molecule has 1 aliphatic carbocycles. The third-order valence-corrected chi connectivity index (χ3v) is 5.58. The van der Waals surface area contributed by atoms with Crippen molar-refractivity contribution in [2.75, 3.05) is 19.6 Å². The van der Waals surface area contributed by atoms with Crippen molar-refractivity contribution in [3.63, 3.8) is 0 Å². The summed E-state index contributed by atoms with van der Waals surface area (Å²) in [5, 5.41) is 10.9. The van der Waals surface area contributed by atoms with Gasteiger partial charge in [0.15, 0.2) is 5.60 Å². The Morgan fingerprint density at radius 1 is 1.24 bits per heavy atom. The highest BCUT2D eigenvalue weighted by Crippen LogP contribution is 2.37. The molecule has 0 aromatic carbocycles. The van der Waals surface area contributed by atoms with Crippen LogP contribution in [0, 0.1) is 11.8 Å². The van der Waals surface area contributed by atoms with Gasteiger partial charge < -0.3 is 9.84 Å². The molecule has 1 N–H and O–H groups in total. The highest BCUT2D eigenvalue weighted by molar-refractivity contribution is 5.82. The third kappa shape index (κ3) is 2.88. The van der Waals surface area contributed by atoms with Gasteiger partial charge in [-0.25, -0.2) is 4.79 Å². The third-order valence-electron chi connectivity index (χ3n) is 5.58. The molecule has 3 saturated heterocycles. The predicted molar refractivity (Wildman–Crippen MR) is 80.8 cm³/mol. The zero-order valence-electron chi connectivity index (χ0n) is 13.0. The fraction of sp³-hybridized carbons (Fsp3) is 0.824. The van der Waals surface area contributed by atoms with E-state index in [0.717, 1.165) is 58.2 Å². The van der Waals surface area contributed by atoms with E-state index < -0.39 is 11.6 Å². The maximum Gasteiger partial charge on any atom is 0.342 e. The first-order valence-corrected chi connectivity index (χ1v) is 8.43. The lowest BCUT2D eigenvalue weighted by molar-refractivity contribution is -0.180. The Balaban J connectivity index is 1.69. The summed E-state index contributed by atoms with van der Waals surface area (Å²) in [6.07, 6.45) is 9.63. The number of allylic oxidation sites excluding steroid dienone is 1. The van der Waals surface area contributed by atoms with E-state index in [0.29, 0.717) is 5.92 Å². The van der Waals surface area contributed by atoms with Crippen molar-refractivity contribution >= 4 is 5.97 Å². The second kappa shape index (κ2) is 6.09. The molecule has 0 unspecified atom stereocenters. The summed E-state index contributed by atoms with van der Waals surface area (Å²) in [7, 11) is 0. The van der Waals surface area contributed by atoms with Crippen LogP contribution in [0.5, 0.6) is 0 Å². The largest absolute Gasteiger partial charge is 0.458 e. The lowest BCUT2D eigenvalue weighted by Gasteiger charge is -2.44. The maximum absolute atomic E-state index is 12.6. The van der Waals surface area contributed by atoms with Gasteiger partial charge in [-0.2, -0.15) is 0 Å². The summed E-state index contributed by atoms with van der Waals surface area (Å²) >= 11 is 0. The minimum Gasteiger partial charge on any atom is -0.458 e. The fourth-order valence-corrected chi connectivity index (χ4v) is 4.27. The highest BCUT2D eigenvalue weighted by Gasteiger charge is 2.46. The minimum absolute atomic E-state index is 0.0160. The van der Waals surface area contributed by atoms with Gasteiger partial charge in [0.25, 0.3) is 0 Å². The van der Waals surface area contributed by atoms with E-state index in [1.165, 1.54) is 0 Å². The van der Waals surface area contributed by atoms with E-state index >= 15 is 0 Å². The number of carbonyl (C=O) groups is 1. The van der Waals surface area contributed by atoms with Gasteiger partial charge in [-0.3, -0.25) is 4.90 Å². The molecular formula is C17H27NO3. The van der Waals surface area contributed by atoms with E-state index in [1.807, 2.05) is 6.92 Å². The van der Waals surface area contributed by atoms with Gasteiger partial charge >= 0.3 is 5.97 Å². The molecule has 21 heavy (non-hydrogen) atoms. The molecule has 4 rings (SSSR count). The van der Waals surface area contributed by atoms with Gasteiger partial charge in [-0.05, 0) is 57.7 Å². The van der Waals surface area contributed by atoms with Crippen LogP contribution in [-0.4, -0.2) is 47.3 Å². The Labute approximate surface area is 127 Å². The molecule has 4 heteroatoms. The van der Waals surface area contributed by atoms with Gasteiger partial charge in [-0.1, -0.05) is 18.9 Å². The maximum atomic E-state index is 12.6. The van der Waals surface area contributed by atoms with Crippen LogP contribution in [0.3, 0.4) is 0 Å². The number of fused-ring (bicyclic) bond motifs is 3. The van der Waals surface area contributed by atoms with Crippen LogP contribution >= 0.6 is 0 Å². The van der Waals surface area contributed by atoms with Crippen molar-refractivity contribution in [2.24, 2.45) is 11.8 Å². The Hall–Kier alpha value is -0.870. The second-order valence-electron chi connectivity index (χ2n) is 6.89. The van der Waals surface area contributed by atoms with E-state index in [9.17, 15) is 9.90 Å². The Kier molecular flexibility index (Phi) is 4.36. The van der Waals surface area contributed by atoms with Gasteiger partial charge in [0.2, 0.25) is 0 Å². The van der Waals surface area contributed by atoms with Crippen LogP contribution in [0.2, 0.25) is 0 Å². The van der Waals surface area contributed by atoms with Crippen molar-refractivity contribution in [1.29, 1.82) is 0 Å². The number of aliphatic hydroxyl groups is 1. The van der Waals surface area contributed by atoms with E-state index in [2.05, 4.69) is 4.90 Å². The normalized spacial score (nSPS) is 36.0. The molecule has 4 fully saturated rings. The minimum atomic E-state index is -1.42. The molecular weight excluding hydrogens is 266 g/mol. The van der Waals surface area contributed by atoms with Crippen LogP contribution in [0.1, 0.15) is 45.4 Å². The zero-order valence-corrected chi connectivity index (χ0v) is 13.0. The van der Waals surface area contributed by atoms with Gasteiger partial charge in [0.05, 0.1) is 0 Å². The smallest absolute Gasteiger partial charge is 0.342 e. The summed E-state index contributed by atoms with van der Waals surface area (Å²) < 4.78 is 5.77. The molecule has 4 nitrogen and oxygen atoms in total. The molecule has 0 radical (unpaired) electrons. The summed E-state index contributed by atoms with van der Waals surface area (Å²) in [6, 6.07) is 0. The summed E-state index contributed by atoms with van der Waals surface area (Å²) in [6.45, 7) is 4.94. The van der Waals surface area contributed by atoms with Crippen LogP contribution in [0.4, 0.5) is 0 Å². The molecule has 0 spiro atoms. The van der Waals surface area contributed by atoms with E-state index in [1.54, 1.807) is 12.2 Å². The Morgan fingerprint density at radius 2 is 1.90 bits per heavy atom. The van der Waals surface area contributed by atoms with Gasteiger partial charge in [0.1, 0.15) is 6.10 Å². The molecule has 2 bridgehead atoms. The standard InChI is InChI=1S/C17H27NO3/c1-2-9-17(20,14-5-3-4-6-14)16(19)21-15-12-18-10-7-13(15)8-11-18/h2,9,13-15,20H,3-8,10-12H2,1H3/b9-2+/t15-,17-/m1/s1. The average Bonchev–Trinajstić information content (AvgIpc) is 3.03. The number of esters is 1. The first-order valence-electron chi connectivity index (χ1n) is 8.43. The monoisotopic (exact) mass is 293 g/mol. The topological polar surface area (TPSA) is 49.8 Å². The van der Waals surface area contributed by atoms with Crippen LogP contribution in [-0.2, 0) is 9.53 Å². The Morgan fingerprint density at radius 3 is 2.43 bits per heavy atom. The Bertz CT molecular complexity index is 408. The molecule has 1 saturated carbocycles. The van der Waals surface area contributed by atoms with Crippen molar-refractivity contribution in [2.45, 2.75) is 57.2 Å². The quantitative estimate of drug-likeness (QED) is 0.637. The molecule has 0 amide bonds. The van der Waals surface area contributed by atoms with Crippen LogP contribution in [0.15, 0.2) is 12.2 Å². The summed E-state index contributed by atoms with van der Waals surface area (Å²) in [4.78, 5) is 15.0. The number of ether oxygens (including phenoxy) is 1. The predicted octanol–water partition coefficient (Wildman–Crippen LogP) is 2.12. The summed E-state index contributed by atoms with van der Waals surface area (Å²) in [5.41, 5.74) is -1.42. The van der Waals surface area contributed by atoms with Crippen molar-refractivity contribution in [1.82, 2.24) is 4.90 Å². The molecule has 3 aliphatic heterocycles. The van der Waals surface area contributed by atoms with Gasteiger partial charge in [0, 0.05) is 12.5 Å². The van der Waals surface area contributed by atoms with Crippen molar-refractivity contribution in [3.05, 3.63) is 12.2 Å². The number of rotatable bonds is 4. The molecule has 0 aromatic rings. The lowest BCUT2D eigenvalue weighted by Crippen LogP contribution is -2.54. The lowest BCUT2D eigenvalue weighted by atomic mass is 9.84. The zero-order chi connectivity index (χ0) is 14.9. The average molecular weight is 293 g/mol. The van der Waals surface area contributed by atoms with Crippen molar-refractivity contribution < 1.29 is 14.6 Å². The van der Waals surface area contributed by atoms with Crippen LogP contribution in [0.25, 0.3) is 0 Å². The first-order chi connectivity index (χ1) is 10.1. The number of hydrogen-bond acceptors (Lipinski definition) is 4. The summed E-state index contributed by atoms with van der Waals surface area (Å²) in [5.74, 6) is 0.0749. The fourth-order valence-electron chi connectivity index (χ4n) is 4.27. The first kappa shape index (κ1) is 15.0. The van der Waals surface area contributed by atoms with E-state index in [4.69, 9.17) is 4.74 Å². The van der Waals surface area contributed by atoms with E-state index in [-0.39, 0.29) is 12.0 Å². The number of nitrogens with zero attached hydrogens (tertiary/aromatic N) is 1. The molecule has 118 valence electrons. The number of piperidine rings is 3. The number of carbonyl (C=O) groups excluding carboxylic acids is 1. The molecule has 2 atom stereocenters.